The number of fused-ring (bicyclic) bond motifs is 2. The number of nitrogens with one attached hydrogen (secondary N) is 3. The Hall–Kier alpha value is -8.58. The van der Waals surface area contributed by atoms with Gasteiger partial charge in [0.2, 0.25) is 18.2 Å². The van der Waals surface area contributed by atoms with Gasteiger partial charge in [0.25, 0.3) is 29.5 Å². The van der Waals surface area contributed by atoms with Crippen molar-refractivity contribution < 1.29 is 38.4 Å². The Morgan fingerprint density at radius 1 is 0.759 bits per heavy atom. The largest absolute Gasteiger partial charge is 0.350 e. The molecule has 19 nitrogen and oxygen atoms in total. The summed E-state index contributed by atoms with van der Waals surface area (Å²) in [7, 11) is 0. The summed E-state index contributed by atoms with van der Waals surface area (Å²) < 4.78 is 2.09. The molecule has 5 fully saturated rings. The van der Waals surface area contributed by atoms with E-state index in [0.29, 0.717) is 91.8 Å². The zero-order valence-electron chi connectivity index (χ0n) is 50.6. The summed E-state index contributed by atoms with van der Waals surface area (Å²) in [6.07, 6.45) is 11.0. The number of hydrogen-bond acceptors (Lipinski definition) is 12. The summed E-state index contributed by atoms with van der Waals surface area (Å²) in [5.41, 5.74) is 9.08. The number of imide groups is 2. The van der Waals surface area contributed by atoms with Gasteiger partial charge in [-0.3, -0.25) is 48.6 Å². The van der Waals surface area contributed by atoms with Gasteiger partial charge in [-0.1, -0.05) is 37.6 Å². The first-order valence-electron chi connectivity index (χ1n) is 31.1. The monoisotopic (exact) mass is 1180 g/mol. The van der Waals surface area contributed by atoms with Crippen molar-refractivity contribution in [3.8, 4) is 11.3 Å². The van der Waals surface area contributed by atoms with Gasteiger partial charge in [-0.15, -0.1) is 0 Å². The molecule has 4 saturated heterocycles. The van der Waals surface area contributed by atoms with E-state index < -0.39 is 35.1 Å². The maximum Gasteiger partial charge on any atom is 0.262 e. The molecule has 0 bridgehead atoms. The van der Waals surface area contributed by atoms with E-state index in [4.69, 9.17) is 9.97 Å². The van der Waals surface area contributed by atoms with Crippen LogP contribution in [0.5, 0.6) is 0 Å². The minimum absolute atomic E-state index is 0.0222. The van der Waals surface area contributed by atoms with Crippen molar-refractivity contribution in [1.82, 2.24) is 44.8 Å². The van der Waals surface area contributed by atoms with Crippen molar-refractivity contribution in [2.45, 2.75) is 154 Å². The summed E-state index contributed by atoms with van der Waals surface area (Å²) >= 11 is 0. The van der Waals surface area contributed by atoms with Gasteiger partial charge in [0.1, 0.15) is 11.6 Å². The summed E-state index contributed by atoms with van der Waals surface area (Å²) in [5.74, 6) is -1.92. The van der Waals surface area contributed by atoms with E-state index in [1.165, 1.54) is 19.3 Å². The molecule has 4 aromatic carbocycles. The third kappa shape index (κ3) is 11.4. The molecular weight excluding hydrogens is 1100 g/mol. The van der Waals surface area contributed by atoms with Gasteiger partial charge in [0.05, 0.1) is 28.7 Å². The third-order valence-corrected chi connectivity index (χ3v) is 19.2. The number of carbonyl (C=O) groups excluding carboxylic acids is 8. The van der Waals surface area contributed by atoms with Gasteiger partial charge >= 0.3 is 0 Å². The molecule has 0 spiro atoms. The number of pyridine rings is 1. The summed E-state index contributed by atoms with van der Waals surface area (Å²) in [6, 6.07) is 25.7. The predicted octanol–water partition coefficient (Wildman–Crippen LogP) is 9.46. The molecule has 452 valence electrons. The molecule has 12 rings (SSSR count). The number of imidazole rings is 1. The minimum atomic E-state index is -1.04. The van der Waals surface area contributed by atoms with Gasteiger partial charge in [-0.2, -0.15) is 0 Å². The highest BCUT2D eigenvalue weighted by atomic mass is 16.2. The molecule has 7 heterocycles. The third-order valence-electron chi connectivity index (χ3n) is 19.2. The standard InChI is InChI=1S/C68H77N11O8/c1-40(2)70-62(82)52-34-48(17-10-42(52)5)71-61-60-56(69-38-77(60)41(3)4)37-55(72-61)47-16-19-54(58(33-47)78(39-80)50-35-49(36-50)74-26-8-7-9-27-74)68(6)24-30-76(31-25-68)65(85)45-13-11-44(12-14-45)64(84)75-28-22-43(23-29-75)46-15-18-51-53(32-46)67(87)79(66(51)86)57-20-21-59(81)73-63(57)83/h10-19,32-34,37-41,43,49-50,57H,7-9,20-31,35-36H2,1-6H3,(H,70,82)(H,71,72)(H,73,81,83). The molecule has 1 aliphatic carbocycles. The number of amides is 8. The molecular formula is C68H77N11O8. The fraction of sp³-hybridized carbons (Fsp3) is 0.441. The van der Waals surface area contributed by atoms with E-state index in [1.54, 1.807) is 41.3 Å². The number of piperidine rings is 4. The zero-order chi connectivity index (χ0) is 61.0. The van der Waals surface area contributed by atoms with E-state index in [2.05, 4.69) is 64.4 Å². The zero-order valence-corrected chi connectivity index (χ0v) is 50.6. The summed E-state index contributed by atoms with van der Waals surface area (Å²) in [6.45, 7) is 16.4. The van der Waals surface area contributed by atoms with E-state index in [9.17, 15) is 38.4 Å². The van der Waals surface area contributed by atoms with Crippen LogP contribution in [0.3, 0.4) is 0 Å². The van der Waals surface area contributed by atoms with Crippen molar-refractivity contribution in [2.75, 3.05) is 49.5 Å². The fourth-order valence-corrected chi connectivity index (χ4v) is 14.0. The average Bonchev–Trinajstić information content (AvgIpc) is 1.96. The molecule has 19 heteroatoms. The maximum atomic E-state index is 14.3. The number of likely N-dealkylation sites (tertiary alicyclic amines) is 3. The highest BCUT2D eigenvalue weighted by Gasteiger charge is 2.46. The van der Waals surface area contributed by atoms with E-state index in [0.717, 1.165) is 76.2 Å². The Morgan fingerprint density at radius 3 is 2.09 bits per heavy atom. The van der Waals surface area contributed by atoms with Crippen LogP contribution < -0.4 is 20.9 Å². The molecule has 5 aliphatic heterocycles. The van der Waals surface area contributed by atoms with E-state index in [1.807, 2.05) is 67.2 Å². The first-order chi connectivity index (χ1) is 41.9. The highest BCUT2D eigenvalue weighted by molar-refractivity contribution is 6.23. The number of carbonyl (C=O) groups is 8. The lowest BCUT2D eigenvalue weighted by Gasteiger charge is -2.49. The van der Waals surface area contributed by atoms with Gasteiger partial charge < -0.3 is 34.8 Å². The smallest absolute Gasteiger partial charge is 0.262 e. The Morgan fingerprint density at radius 2 is 1.44 bits per heavy atom. The van der Waals surface area contributed by atoms with Crippen molar-refractivity contribution in [2.24, 2.45) is 0 Å². The number of rotatable bonds is 15. The molecule has 1 unspecified atom stereocenters. The van der Waals surface area contributed by atoms with Crippen LogP contribution in [-0.2, 0) is 19.8 Å². The van der Waals surface area contributed by atoms with Crippen LogP contribution in [0.15, 0.2) is 91.3 Å². The molecule has 6 aliphatic rings. The first-order valence-corrected chi connectivity index (χ1v) is 31.1. The number of nitrogens with zero attached hydrogens (tertiary/aromatic N) is 8. The Bertz CT molecular complexity index is 3730. The molecule has 2 aromatic heterocycles. The second-order valence-electron chi connectivity index (χ2n) is 25.6. The van der Waals surface area contributed by atoms with Crippen molar-refractivity contribution in [3.05, 3.63) is 136 Å². The van der Waals surface area contributed by atoms with Gasteiger partial charge in [-0.05, 0) is 194 Å². The number of hydrogen-bond donors (Lipinski definition) is 3. The molecule has 1 saturated carbocycles. The van der Waals surface area contributed by atoms with Crippen LogP contribution in [-0.4, -0.2) is 145 Å². The van der Waals surface area contributed by atoms with Crippen LogP contribution in [0.2, 0.25) is 0 Å². The van der Waals surface area contributed by atoms with Crippen LogP contribution in [0.1, 0.15) is 186 Å². The Balaban J connectivity index is 0.742. The minimum Gasteiger partial charge on any atom is -0.350 e. The summed E-state index contributed by atoms with van der Waals surface area (Å²) in [4.78, 5) is 126. The van der Waals surface area contributed by atoms with Crippen LogP contribution in [0, 0.1) is 6.92 Å². The molecule has 3 N–H and O–H groups in total. The van der Waals surface area contributed by atoms with Crippen molar-refractivity contribution in [1.29, 1.82) is 0 Å². The average molecular weight is 1180 g/mol. The first kappa shape index (κ1) is 58.8. The normalized spacial score (nSPS) is 20.8. The Kier molecular flexibility index (Phi) is 16.2. The number of benzene rings is 4. The highest BCUT2D eigenvalue weighted by Crippen LogP contribution is 2.45. The van der Waals surface area contributed by atoms with Crippen LogP contribution >= 0.6 is 0 Å². The predicted molar refractivity (Wildman–Crippen MR) is 331 cm³/mol. The molecule has 0 radical (unpaired) electrons. The SMILES string of the molecule is Cc1ccc(Nc2nc(-c3ccc(C4(C)CCN(C(=O)c5ccc(C(=O)N6CCC(c7ccc8c(c7)C(=O)N(C7CCC(=O)NC7=O)C8=O)CC6)cc5)CC4)c(N(C=O)C4CC(N5CCCCC5)C4)c3)cc3ncn(C(C)C)c23)cc1C(=O)NC(C)C. The number of aryl methyl sites for hydroxylation is 1. The number of anilines is 3. The fourth-order valence-electron chi connectivity index (χ4n) is 14.0. The van der Waals surface area contributed by atoms with Gasteiger partial charge in [0.15, 0.2) is 5.82 Å². The van der Waals surface area contributed by atoms with E-state index in [-0.39, 0.29) is 65.7 Å². The lowest BCUT2D eigenvalue weighted by molar-refractivity contribution is -0.136. The van der Waals surface area contributed by atoms with Crippen LogP contribution in [0.25, 0.3) is 22.3 Å². The molecule has 1 atom stereocenters. The molecule has 8 amide bonds. The lowest BCUT2D eigenvalue weighted by Crippen LogP contribution is -2.55. The number of aromatic nitrogens is 3. The second-order valence-corrected chi connectivity index (χ2v) is 25.6. The Labute approximate surface area is 507 Å². The second kappa shape index (κ2) is 23.9. The summed E-state index contributed by atoms with van der Waals surface area (Å²) in [5, 5.41) is 8.83. The van der Waals surface area contributed by atoms with Gasteiger partial charge in [-0.25, -0.2) is 9.97 Å². The molecule has 87 heavy (non-hydrogen) atoms. The topological polar surface area (TPSA) is 220 Å². The molecule has 6 aromatic rings. The maximum absolute atomic E-state index is 14.3. The lowest BCUT2D eigenvalue weighted by atomic mass is 9.72. The van der Waals surface area contributed by atoms with Gasteiger partial charge in [0, 0.05) is 90.4 Å². The quantitative estimate of drug-likeness (QED) is 0.0647. The van der Waals surface area contributed by atoms with Crippen molar-refractivity contribution in [3.63, 3.8) is 0 Å². The van der Waals surface area contributed by atoms with E-state index >= 15 is 0 Å². The van der Waals surface area contributed by atoms with Crippen LogP contribution in [0.4, 0.5) is 17.2 Å². The van der Waals surface area contributed by atoms with Crippen molar-refractivity contribution >= 4 is 76.0 Å².